The van der Waals surface area contributed by atoms with Gasteiger partial charge in [-0.25, -0.2) is 4.98 Å². The van der Waals surface area contributed by atoms with E-state index in [0.717, 1.165) is 21.8 Å². The standard InChI is InChI=1S/C17H12ClN5OS2/c1-10-15(26-22-21-10)16(24)23(9-11-4-3-7-19-8-11)17-20-14-12(18)5-2-6-13(14)25-17/h2-8H,9H2,1H3. The number of amides is 1. The molecule has 0 saturated heterocycles. The lowest BCUT2D eigenvalue weighted by Crippen LogP contribution is -2.30. The molecule has 0 N–H and O–H groups in total. The fraction of sp³-hybridized carbons (Fsp3) is 0.118. The van der Waals surface area contributed by atoms with Gasteiger partial charge in [-0.2, -0.15) is 0 Å². The van der Waals surface area contributed by atoms with Crippen LogP contribution in [0.15, 0.2) is 42.7 Å². The highest BCUT2D eigenvalue weighted by atomic mass is 35.5. The molecule has 0 aliphatic carbocycles. The van der Waals surface area contributed by atoms with Crippen LogP contribution in [-0.4, -0.2) is 25.5 Å². The van der Waals surface area contributed by atoms with Gasteiger partial charge in [0, 0.05) is 12.4 Å². The molecule has 0 atom stereocenters. The summed E-state index contributed by atoms with van der Waals surface area (Å²) in [4.78, 5) is 24.0. The third kappa shape index (κ3) is 3.18. The molecule has 0 fully saturated rings. The normalized spacial score (nSPS) is 11.0. The Morgan fingerprint density at radius 3 is 2.85 bits per heavy atom. The van der Waals surface area contributed by atoms with Crippen molar-refractivity contribution in [1.29, 1.82) is 0 Å². The Morgan fingerprint density at radius 1 is 1.27 bits per heavy atom. The maximum atomic E-state index is 13.2. The van der Waals surface area contributed by atoms with E-state index in [9.17, 15) is 4.79 Å². The summed E-state index contributed by atoms with van der Waals surface area (Å²) in [5, 5.41) is 5.09. The Bertz CT molecular complexity index is 1080. The van der Waals surface area contributed by atoms with E-state index in [4.69, 9.17) is 11.6 Å². The highest BCUT2D eigenvalue weighted by molar-refractivity contribution is 7.22. The van der Waals surface area contributed by atoms with Crippen LogP contribution in [0.2, 0.25) is 5.02 Å². The molecule has 4 aromatic rings. The van der Waals surface area contributed by atoms with Crippen LogP contribution < -0.4 is 4.90 Å². The number of hydrogen-bond donors (Lipinski definition) is 0. The third-order valence-electron chi connectivity index (χ3n) is 3.74. The van der Waals surface area contributed by atoms with Gasteiger partial charge in [-0.3, -0.25) is 14.7 Å². The number of fused-ring (bicyclic) bond motifs is 1. The van der Waals surface area contributed by atoms with Gasteiger partial charge in [0.25, 0.3) is 5.91 Å². The van der Waals surface area contributed by atoms with Gasteiger partial charge in [0.2, 0.25) is 0 Å². The van der Waals surface area contributed by atoms with Crippen molar-refractivity contribution in [2.45, 2.75) is 13.5 Å². The van der Waals surface area contributed by atoms with Crippen molar-refractivity contribution < 1.29 is 4.79 Å². The summed E-state index contributed by atoms with van der Waals surface area (Å²) in [7, 11) is 0. The Morgan fingerprint density at radius 2 is 2.15 bits per heavy atom. The zero-order valence-electron chi connectivity index (χ0n) is 13.6. The predicted octanol–water partition coefficient (Wildman–Crippen LogP) is 4.35. The molecule has 9 heteroatoms. The number of thiazole rings is 1. The molecule has 3 heterocycles. The van der Waals surface area contributed by atoms with Crippen LogP contribution in [0.4, 0.5) is 5.13 Å². The van der Waals surface area contributed by atoms with Crippen molar-refractivity contribution in [2.24, 2.45) is 0 Å². The van der Waals surface area contributed by atoms with E-state index in [2.05, 4.69) is 19.6 Å². The van der Waals surface area contributed by atoms with Crippen molar-refractivity contribution in [1.82, 2.24) is 19.6 Å². The number of nitrogens with zero attached hydrogens (tertiary/aromatic N) is 5. The average Bonchev–Trinajstić information content (AvgIpc) is 3.27. The Labute approximate surface area is 162 Å². The Hall–Kier alpha value is -2.42. The van der Waals surface area contributed by atoms with Gasteiger partial charge in [0.05, 0.1) is 22.0 Å². The first-order valence-electron chi connectivity index (χ1n) is 7.68. The molecule has 0 aliphatic heterocycles. The SMILES string of the molecule is Cc1nnsc1C(=O)N(Cc1cccnc1)c1nc2c(Cl)cccc2s1. The number of halogens is 1. The molecule has 0 radical (unpaired) electrons. The lowest BCUT2D eigenvalue weighted by atomic mass is 10.2. The van der Waals surface area contributed by atoms with Crippen LogP contribution in [-0.2, 0) is 6.54 Å². The maximum Gasteiger partial charge on any atom is 0.274 e. The van der Waals surface area contributed by atoms with Crippen molar-refractivity contribution >= 4 is 55.7 Å². The van der Waals surface area contributed by atoms with Crippen molar-refractivity contribution in [3.63, 3.8) is 0 Å². The van der Waals surface area contributed by atoms with E-state index in [0.29, 0.717) is 32.8 Å². The molecule has 0 unspecified atom stereocenters. The van der Waals surface area contributed by atoms with Gasteiger partial charge >= 0.3 is 0 Å². The largest absolute Gasteiger partial charge is 0.279 e. The van der Waals surface area contributed by atoms with E-state index < -0.39 is 0 Å². The van der Waals surface area contributed by atoms with E-state index in [1.807, 2.05) is 24.3 Å². The minimum Gasteiger partial charge on any atom is -0.279 e. The molecule has 0 aliphatic rings. The van der Waals surface area contributed by atoms with Gasteiger partial charge in [0.1, 0.15) is 10.4 Å². The predicted molar refractivity (Wildman–Crippen MR) is 104 cm³/mol. The van der Waals surface area contributed by atoms with E-state index in [1.54, 1.807) is 30.3 Å². The molecular weight excluding hydrogens is 390 g/mol. The number of aromatic nitrogens is 4. The van der Waals surface area contributed by atoms with Gasteiger partial charge in [-0.15, -0.1) is 5.10 Å². The molecule has 3 aromatic heterocycles. The van der Waals surface area contributed by atoms with Crippen molar-refractivity contribution in [3.8, 4) is 0 Å². The Balaban J connectivity index is 1.80. The fourth-order valence-electron chi connectivity index (χ4n) is 2.47. The summed E-state index contributed by atoms with van der Waals surface area (Å²) in [5.41, 5.74) is 2.20. The van der Waals surface area contributed by atoms with E-state index >= 15 is 0 Å². The number of hydrogen-bond acceptors (Lipinski definition) is 7. The molecule has 1 aromatic carbocycles. The van der Waals surface area contributed by atoms with E-state index in [-0.39, 0.29) is 5.91 Å². The summed E-state index contributed by atoms with van der Waals surface area (Å²) in [6.45, 7) is 2.12. The first kappa shape index (κ1) is 17.0. The third-order valence-corrected chi connectivity index (χ3v) is 5.91. The number of para-hydroxylation sites is 1. The second-order valence-corrected chi connectivity index (χ2v) is 7.69. The summed E-state index contributed by atoms with van der Waals surface area (Å²) >= 11 is 8.76. The number of rotatable bonds is 4. The summed E-state index contributed by atoms with van der Waals surface area (Å²) in [5.74, 6) is -0.184. The topological polar surface area (TPSA) is 71.9 Å². The second-order valence-electron chi connectivity index (χ2n) is 5.52. The highest BCUT2D eigenvalue weighted by Crippen LogP contribution is 2.34. The molecule has 0 saturated carbocycles. The van der Waals surface area contributed by atoms with Crippen LogP contribution in [0.1, 0.15) is 20.9 Å². The quantitative estimate of drug-likeness (QED) is 0.508. The van der Waals surface area contributed by atoms with Crippen LogP contribution >= 0.6 is 34.5 Å². The first-order valence-corrected chi connectivity index (χ1v) is 9.65. The van der Waals surface area contributed by atoms with Crippen LogP contribution in [0.3, 0.4) is 0 Å². The van der Waals surface area contributed by atoms with Crippen LogP contribution in [0.25, 0.3) is 10.2 Å². The molecule has 6 nitrogen and oxygen atoms in total. The number of carbonyl (C=O) groups is 1. The highest BCUT2D eigenvalue weighted by Gasteiger charge is 2.25. The smallest absolute Gasteiger partial charge is 0.274 e. The molecular formula is C17H12ClN5OS2. The van der Waals surface area contributed by atoms with Gasteiger partial charge in [0.15, 0.2) is 5.13 Å². The molecule has 0 spiro atoms. The number of anilines is 1. The number of aryl methyl sites for hydroxylation is 1. The average molecular weight is 402 g/mol. The molecule has 130 valence electrons. The van der Waals surface area contributed by atoms with Crippen molar-refractivity contribution in [2.75, 3.05) is 4.90 Å². The molecule has 26 heavy (non-hydrogen) atoms. The lowest BCUT2D eigenvalue weighted by molar-refractivity contribution is 0.0988. The minimum absolute atomic E-state index is 0.184. The fourth-order valence-corrected chi connectivity index (χ4v) is 4.34. The summed E-state index contributed by atoms with van der Waals surface area (Å²) in [6, 6.07) is 9.36. The summed E-state index contributed by atoms with van der Waals surface area (Å²) in [6.07, 6.45) is 3.43. The Kier molecular flexibility index (Phi) is 4.62. The maximum absolute atomic E-state index is 13.2. The van der Waals surface area contributed by atoms with E-state index in [1.165, 1.54) is 11.3 Å². The van der Waals surface area contributed by atoms with Gasteiger partial charge in [-0.1, -0.05) is 39.6 Å². The monoisotopic (exact) mass is 401 g/mol. The lowest BCUT2D eigenvalue weighted by Gasteiger charge is -2.19. The molecule has 0 bridgehead atoms. The number of carbonyl (C=O) groups excluding carboxylic acids is 1. The number of benzene rings is 1. The molecule has 4 rings (SSSR count). The van der Waals surface area contributed by atoms with Crippen LogP contribution in [0, 0.1) is 6.92 Å². The van der Waals surface area contributed by atoms with Crippen molar-refractivity contribution in [3.05, 3.63) is 63.9 Å². The number of pyridine rings is 1. The zero-order chi connectivity index (χ0) is 18.1. The van der Waals surface area contributed by atoms with Gasteiger partial charge in [-0.05, 0) is 42.2 Å². The minimum atomic E-state index is -0.184. The first-order chi connectivity index (χ1) is 12.6. The van der Waals surface area contributed by atoms with Gasteiger partial charge < -0.3 is 0 Å². The second kappa shape index (κ2) is 7.06. The van der Waals surface area contributed by atoms with Crippen LogP contribution in [0.5, 0.6) is 0 Å². The zero-order valence-corrected chi connectivity index (χ0v) is 16.0. The molecule has 1 amide bonds. The summed E-state index contributed by atoms with van der Waals surface area (Å²) < 4.78 is 4.80.